The molecule has 1 amide bonds. The minimum atomic E-state index is -0.954. The zero-order valence-electron chi connectivity index (χ0n) is 10.0. The fourth-order valence-corrected chi connectivity index (χ4v) is 1.78. The van der Waals surface area contributed by atoms with Gasteiger partial charge < -0.3 is 15.4 Å². The van der Waals surface area contributed by atoms with E-state index in [9.17, 15) is 4.79 Å². The highest BCUT2D eigenvalue weighted by molar-refractivity contribution is 5.84. The van der Waals surface area contributed by atoms with Gasteiger partial charge >= 0.3 is 0 Å². The summed E-state index contributed by atoms with van der Waals surface area (Å²) < 4.78 is 5.44. The second-order valence-corrected chi connectivity index (χ2v) is 4.40. The van der Waals surface area contributed by atoms with E-state index in [2.05, 4.69) is 10.2 Å². The largest absolute Gasteiger partial charge is 0.367 e. The Morgan fingerprint density at radius 2 is 2.29 bits per heavy atom. The van der Waals surface area contributed by atoms with Gasteiger partial charge in [0.1, 0.15) is 0 Å². The summed E-state index contributed by atoms with van der Waals surface area (Å²) in [4.78, 5) is 13.3. The van der Waals surface area contributed by atoms with Crippen LogP contribution in [-0.4, -0.2) is 41.4 Å². The van der Waals surface area contributed by atoms with Crippen LogP contribution < -0.4 is 10.6 Å². The molecule has 0 bridgehead atoms. The summed E-state index contributed by atoms with van der Waals surface area (Å²) in [6.45, 7) is 5.11. The second-order valence-electron chi connectivity index (χ2n) is 4.40. The highest BCUT2D eigenvalue weighted by Gasteiger charge is 2.38. The van der Waals surface area contributed by atoms with Gasteiger partial charge in [-0.25, -0.2) is 0 Å². The molecular formula is C11H16N4O2. The van der Waals surface area contributed by atoms with Crippen LogP contribution in [0.5, 0.6) is 0 Å². The monoisotopic (exact) mass is 236 g/mol. The summed E-state index contributed by atoms with van der Waals surface area (Å²) in [5, 5.41) is 8.09. The summed E-state index contributed by atoms with van der Waals surface area (Å²) >= 11 is 0. The number of primary amides is 1. The van der Waals surface area contributed by atoms with E-state index in [1.54, 1.807) is 6.92 Å². The molecule has 1 fully saturated rings. The average molecular weight is 236 g/mol. The van der Waals surface area contributed by atoms with Crippen molar-refractivity contribution in [2.75, 3.05) is 24.6 Å². The molecule has 1 saturated heterocycles. The lowest BCUT2D eigenvalue weighted by Gasteiger charge is -2.38. The number of ether oxygens (including phenoxy) is 1. The van der Waals surface area contributed by atoms with Gasteiger partial charge in [0.2, 0.25) is 0 Å². The van der Waals surface area contributed by atoms with Crippen molar-refractivity contribution >= 4 is 11.7 Å². The van der Waals surface area contributed by atoms with Crippen LogP contribution in [0.15, 0.2) is 12.1 Å². The summed E-state index contributed by atoms with van der Waals surface area (Å²) in [7, 11) is 0. The van der Waals surface area contributed by atoms with E-state index < -0.39 is 11.5 Å². The number of hydrogen-bond acceptors (Lipinski definition) is 5. The lowest BCUT2D eigenvalue weighted by atomic mass is 10.0. The number of anilines is 1. The molecule has 0 radical (unpaired) electrons. The van der Waals surface area contributed by atoms with Gasteiger partial charge in [-0.3, -0.25) is 4.79 Å². The zero-order valence-corrected chi connectivity index (χ0v) is 10.0. The molecule has 6 nitrogen and oxygen atoms in total. The van der Waals surface area contributed by atoms with Gasteiger partial charge in [0.05, 0.1) is 18.8 Å². The molecule has 6 heteroatoms. The average Bonchev–Trinajstić information content (AvgIpc) is 2.30. The number of morpholine rings is 1. The number of amides is 1. The van der Waals surface area contributed by atoms with Crippen LogP contribution in [0.3, 0.4) is 0 Å². The van der Waals surface area contributed by atoms with Crippen molar-refractivity contribution in [3.8, 4) is 0 Å². The van der Waals surface area contributed by atoms with E-state index in [0.29, 0.717) is 19.7 Å². The Hall–Kier alpha value is -1.69. The molecule has 1 unspecified atom stereocenters. The fourth-order valence-electron chi connectivity index (χ4n) is 1.78. The first-order chi connectivity index (χ1) is 8.01. The number of aryl methyl sites for hydroxylation is 1. The zero-order chi connectivity index (χ0) is 12.5. The summed E-state index contributed by atoms with van der Waals surface area (Å²) in [5.74, 6) is 0.286. The third-order valence-electron chi connectivity index (χ3n) is 2.90. The standard InChI is InChI=1S/C11H16N4O2/c1-8-3-4-9(14-13-8)15-5-6-17-11(2,7-15)10(12)16/h3-4H,5-7H2,1-2H3,(H2,12,16). The van der Waals surface area contributed by atoms with Gasteiger partial charge in [0.15, 0.2) is 11.4 Å². The van der Waals surface area contributed by atoms with Gasteiger partial charge in [-0.05, 0) is 26.0 Å². The van der Waals surface area contributed by atoms with Crippen LogP contribution in [0.1, 0.15) is 12.6 Å². The Labute approximate surface area is 99.8 Å². The second kappa shape index (κ2) is 4.29. The minimum Gasteiger partial charge on any atom is -0.367 e. The van der Waals surface area contributed by atoms with E-state index >= 15 is 0 Å². The first-order valence-corrected chi connectivity index (χ1v) is 5.50. The first-order valence-electron chi connectivity index (χ1n) is 5.50. The van der Waals surface area contributed by atoms with Crippen LogP contribution >= 0.6 is 0 Å². The maximum Gasteiger partial charge on any atom is 0.251 e. The third-order valence-corrected chi connectivity index (χ3v) is 2.90. The highest BCUT2D eigenvalue weighted by Crippen LogP contribution is 2.21. The van der Waals surface area contributed by atoms with Crippen LogP contribution in [-0.2, 0) is 9.53 Å². The van der Waals surface area contributed by atoms with Crippen LogP contribution in [0.2, 0.25) is 0 Å². The van der Waals surface area contributed by atoms with E-state index in [-0.39, 0.29) is 0 Å². The van der Waals surface area contributed by atoms with Crippen molar-refractivity contribution in [2.24, 2.45) is 5.73 Å². The maximum absolute atomic E-state index is 11.3. The summed E-state index contributed by atoms with van der Waals surface area (Å²) in [6, 6.07) is 3.77. The van der Waals surface area contributed by atoms with E-state index in [1.165, 1.54) is 0 Å². The van der Waals surface area contributed by atoms with E-state index in [1.807, 2.05) is 24.0 Å². The Morgan fingerprint density at radius 3 is 2.88 bits per heavy atom. The summed E-state index contributed by atoms with van der Waals surface area (Å²) in [6.07, 6.45) is 0. The number of aromatic nitrogens is 2. The smallest absolute Gasteiger partial charge is 0.251 e. The van der Waals surface area contributed by atoms with Crippen molar-refractivity contribution in [1.29, 1.82) is 0 Å². The molecule has 2 N–H and O–H groups in total. The Morgan fingerprint density at radius 1 is 1.53 bits per heavy atom. The predicted molar refractivity (Wildman–Crippen MR) is 62.5 cm³/mol. The number of carbonyl (C=O) groups excluding carboxylic acids is 1. The topological polar surface area (TPSA) is 81.3 Å². The molecule has 1 aliphatic heterocycles. The number of carbonyl (C=O) groups is 1. The molecule has 0 saturated carbocycles. The van der Waals surface area contributed by atoms with Crippen molar-refractivity contribution in [1.82, 2.24) is 10.2 Å². The maximum atomic E-state index is 11.3. The molecule has 92 valence electrons. The molecule has 1 aromatic rings. The van der Waals surface area contributed by atoms with Crippen LogP contribution in [0.4, 0.5) is 5.82 Å². The molecule has 0 aromatic carbocycles. The van der Waals surface area contributed by atoms with E-state index in [0.717, 1.165) is 11.5 Å². The number of nitrogens with zero attached hydrogens (tertiary/aromatic N) is 3. The van der Waals surface area contributed by atoms with Gasteiger partial charge in [-0.1, -0.05) is 0 Å². The molecule has 17 heavy (non-hydrogen) atoms. The number of rotatable bonds is 2. The van der Waals surface area contributed by atoms with Crippen molar-refractivity contribution in [2.45, 2.75) is 19.4 Å². The Kier molecular flexibility index (Phi) is 2.97. The van der Waals surface area contributed by atoms with Gasteiger partial charge in [0.25, 0.3) is 5.91 Å². The number of nitrogens with two attached hydrogens (primary N) is 1. The van der Waals surface area contributed by atoms with Crippen LogP contribution in [0, 0.1) is 6.92 Å². The highest BCUT2D eigenvalue weighted by atomic mass is 16.5. The fraction of sp³-hybridized carbons (Fsp3) is 0.545. The Bertz CT molecular complexity index is 420. The molecule has 2 rings (SSSR count). The quantitative estimate of drug-likeness (QED) is 0.773. The summed E-state index contributed by atoms with van der Waals surface area (Å²) in [5.41, 5.74) is 5.25. The molecule has 0 spiro atoms. The molecule has 0 aliphatic carbocycles. The lowest BCUT2D eigenvalue weighted by molar-refractivity contribution is -0.142. The SMILES string of the molecule is Cc1ccc(N2CCOC(C)(C(N)=O)C2)nn1. The molecule has 2 heterocycles. The molecule has 1 aliphatic rings. The van der Waals surface area contributed by atoms with E-state index in [4.69, 9.17) is 10.5 Å². The molecule has 1 aromatic heterocycles. The molecular weight excluding hydrogens is 220 g/mol. The van der Waals surface area contributed by atoms with Crippen LogP contribution in [0.25, 0.3) is 0 Å². The number of hydrogen-bond donors (Lipinski definition) is 1. The first kappa shape index (κ1) is 11.8. The van der Waals surface area contributed by atoms with Crippen molar-refractivity contribution in [3.05, 3.63) is 17.8 Å². The molecule has 1 atom stereocenters. The van der Waals surface area contributed by atoms with Crippen molar-refractivity contribution < 1.29 is 9.53 Å². The normalized spacial score (nSPS) is 24.7. The van der Waals surface area contributed by atoms with Gasteiger partial charge in [-0.15, -0.1) is 5.10 Å². The lowest BCUT2D eigenvalue weighted by Crippen LogP contribution is -2.57. The van der Waals surface area contributed by atoms with Gasteiger partial charge in [0, 0.05) is 6.54 Å². The third kappa shape index (κ3) is 2.36. The minimum absolute atomic E-state index is 0.403. The van der Waals surface area contributed by atoms with Crippen molar-refractivity contribution in [3.63, 3.8) is 0 Å². The predicted octanol–water partition coefficient (Wildman–Crippen LogP) is -0.134. The Balaban J connectivity index is 2.17. The van der Waals surface area contributed by atoms with Gasteiger partial charge in [-0.2, -0.15) is 5.10 Å².